The Morgan fingerprint density at radius 3 is 2.29 bits per heavy atom. The highest BCUT2D eigenvalue weighted by Crippen LogP contribution is 2.36. The highest BCUT2D eigenvalue weighted by molar-refractivity contribution is 6.00. The van der Waals surface area contributed by atoms with Crippen molar-refractivity contribution in [3.8, 4) is 11.5 Å². The van der Waals surface area contributed by atoms with Crippen LogP contribution < -0.4 is 14.8 Å². The molecule has 0 unspecified atom stereocenters. The first kappa shape index (κ1) is 13.5. The molecule has 0 amide bonds. The van der Waals surface area contributed by atoms with Crippen molar-refractivity contribution in [3.05, 3.63) is 22.8 Å². The van der Waals surface area contributed by atoms with E-state index in [1.807, 2.05) is 19.9 Å². The van der Waals surface area contributed by atoms with Crippen molar-refractivity contribution in [1.82, 2.24) is 5.32 Å². The number of carbonyl (C=O) groups is 1. The van der Waals surface area contributed by atoms with Gasteiger partial charge in [0, 0.05) is 11.1 Å². The Kier molecular flexibility index (Phi) is 4.52. The molecule has 1 aromatic carbocycles. The lowest BCUT2D eigenvalue weighted by atomic mass is 9.99. The van der Waals surface area contributed by atoms with Gasteiger partial charge in [0.15, 0.2) is 17.3 Å². The fourth-order valence-electron chi connectivity index (χ4n) is 1.91. The van der Waals surface area contributed by atoms with Gasteiger partial charge in [0.2, 0.25) is 0 Å². The Labute approximate surface area is 102 Å². The third-order valence-corrected chi connectivity index (χ3v) is 2.72. The standard InChI is InChI=1S/C13H19NO3/c1-8-6-10(11(15)7-14-3)9(2)13(17-5)12(8)16-4/h6,14H,7H2,1-5H3. The number of ketones is 1. The fourth-order valence-corrected chi connectivity index (χ4v) is 1.91. The number of nitrogens with one attached hydrogen (secondary N) is 1. The summed E-state index contributed by atoms with van der Waals surface area (Å²) in [4.78, 5) is 11.9. The second kappa shape index (κ2) is 5.68. The number of methoxy groups -OCH3 is 2. The zero-order chi connectivity index (χ0) is 13.0. The van der Waals surface area contributed by atoms with Gasteiger partial charge in [0.25, 0.3) is 0 Å². The quantitative estimate of drug-likeness (QED) is 0.792. The molecule has 1 aromatic rings. The molecule has 94 valence electrons. The predicted molar refractivity (Wildman–Crippen MR) is 67.3 cm³/mol. The van der Waals surface area contributed by atoms with E-state index in [1.165, 1.54) is 0 Å². The van der Waals surface area contributed by atoms with Crippen LogP contribution in [0.15, 0.2) is 6.07 Å². The monoisotopic (exact) mass is 237 g/mol. The third kappa shape index (κ3) is 2.58. The second-order valence-electron chi connectivity index (χ2n) is 3.89. The largest absolute Gasteiger partial charge is 0.493 e. The van der Waals surface area contributed by atoms with E-state index in [9.17, 15) is 4.79 Å². The lowest BCUT2D eigenvalue weighted by molar-refractivity contribution is 0.0992. The Balaban J connectivity index is 3.35. The van der Waals surface area contributed by atoms with Gasteiger partial charge < -0.3 is 14.8 Å². The van der Waals surface area contributed by atoms with Crippen LogP contribution in [0.25, 0.3) is 0 Å². The van der Waals surface area contributed by atoms with Crippen LogP contribution in [-0.4, -0.2) is 33.6 Å². The van der Waals surface area contributed by atoms with Gasteiger partial charge in [-0.15, -0.1) is 0 Å². The van der Waals surface area contributed by atoms with Crippen molar-refractivity contribution in [1.29, 1.82) is 0 Å². The zero-order valence-corrected chi connectivity index (χ0v) is 11.0. The average molecular weight is 237 g/mol. The first-order chi connectivity index (χ1) is 8.06. The van der Waals surface area contributed by atoms with Crippen molar-refractivity contribution in [2.75, 3.05) is 27.8 Å². The first-order valence-electron chi connectivity index (χ1n) is 5.46. The molecule has 0 aliphatic heterocycles. The van der Waals surface area contributed by atoms with Crippen LogP contribution in [0, 0.1) is 13.8 Å². The van der Waals surface area contributed by atoms with Gasteiger partial charge >= 0.3 is 0 Å². The summed E-state index contributed by atoms with van der Waals surface area (Å²) in [5.74, 6) is 1.37. The van der Waals surface area contributed by atoms with Gasteiger partial charge in [0.1, 0.15) is 0 Å². The van der Waals surface area contributed by atoms with Crippen LogP contribution in [0.1, 0.15) is 21.5 Å². The fraction of sp³-hybridized carbons (Fsp3) is 0.462. The number of rotatable bonds is 5. The highest BCUT2D eigenvalue weighted by atomic mass is 16.5. The van der Waals surface area contributed by atoms with E-state index in [0.29, 0.717) is 23.6 Å². The number of benzene rings is 1. The summed E-state index contributed by atoms with van der Waals surface area (Å²) in [5.41, 5.74) is 2.39. The van der Waals surface area contributed by atoms with Gasteiger partial charge in [0.05, 0.1) is 20.8 Å². The van der Waals surface area contributed by atoms with E-state index in [1.54, 1.807) is 21.3 Å². The summed E-state index contributed by atoms with van der Waals surface area (Å²) in [7, 11) is 4.93. The predicted octanol–water partition coefficient (Wildman–Crippen LogP) is 1.72. The molecule has 0 spiro atoms. The lowest BCUT2D eigenvalue weighted by Gasteiger charge is -2.16. The Morgan fingerprint density at radius 2 is 1.82 bits per heavy atom. The topological polar surface area (TPSA) is 47.6 Å². The van der Waals surface area contributed by atoms with E-state index in [2.05, 4.69) is 5.32 Å². The zero-order valence-electron chi connectivity index (χ0n) is 11.0. The van der Waals surface area contributed by atoms with Gasteiger partial charge in [-0.25, -0.2) is 0 Å². The van der Waals surface area contributed by atoms with Crippen molar-refractivity contribution >= 4 is 5.78 Å². The molecule has 0 aliphatic rings. The van der Waals surface area contributed by atoms with Crippen LogP contribution in [0.3, 0.4) is 0 Å². The Hall–Kier alpha value is -1.55. The molecule has 4 nitrogen and oxygen atoms in total. The molecule has 0 bridgehead atoms. The molecule has 0 atom stereocenters. The lowest BCUT2D eigenvalue weighted by Crippen LogP contribution is -2.19. The summed E-state index contributed by atoms with van der Waals surface area (Å²) in [6.45, 7) is 4.08. The molecule has 17 heavy (non-hydrogen) atoms. The summed E-state index contributed by atoms with van der Waals surface area (Å²) in [6.07, 6.45) is 0. The molecule has 0 aromatic heterocycles. The third-order valence-electron chi connectivity index (χ3n) is 2.72. The highest BCUT2D eigenvalue weighted by Gasteiger charge is 2.18. The number of likely N-dealkylation sites (N-methyl/N-ethyl adjacent to an activating group) is 1. The summed E-state index contributed by atoms with van der Waals surface area (Å²) in [5, 5.41) is 2.86. The van der Waals surface area contributed by atoms with Crippen molar-refractivity contribution in [2.45, 2.75) is 13.8 Å². The number of Topliss-reactive ketones (excluding diaryl/α,β-unsaturated/α-hetero) is 1. The maximum atomic E-state index is 11.9. The van der Waals surface area contributed by atoms with E-state index in [4.69, 9.17) is 9.47 Å². The van der Waals surface area contributed by atoms with Crippen LogP contribution >= 0.6 is 0 Å². The summed E-state index contributed by atoms with van der Waals surface area (Å²) >= 11 is 0. The van der Waals surface area contributed by atoms with Gasteiger partial charge in [-0.1, -0.05) is 0 Å². The molecular formula is C13H19NO3. The van der Waals surface area contributed by atoms with Crippen LogP contribution in [-0.2, 0) is 0 Å². The van der Waals surface area contributed by atoms with E-state index >= 15 is 0 Å². The number of aryl methyl sites for hydroxylation is 1. The molecule has 0 saturated heterocycles. The average Bonchev–Trinajstić information content (AvgIpc) is 2.31. The molecule has 0 aliphatic carbocycles. The van der Waals surface area contributed by atoms with Gasteiger partial charge in [-0.05, 0) is 32.5 Å². The second-order valence-corrected chi connectivity index (χ2v) is 3.89. The maximum absolute atomic E-state index is 11.9. The van der Waals surface area contributed by atoms with E-state index in [-0.39, 0.29) is 5.78 Å². The van der Waals surface area contributed by atoms with E-state index in [0.717, 1.165) is 11.1 Å². The molecule has 4 heteroatoms. The summed E-state index contributed by atoms with van der Waals surface area (Å²) < 4.78 is 10.6. The normalized spacial score (nSPS) is 10.2. The van der Waals surface area contributed by atoms with E-state index < -0.39 is 0 Å². The number of hydrogen-bond donors (Lipinski definition) is 1. The molecular weight excluding hydrogens is 218 g/mol. The van der Waals surface area contributed by atoms with Crippen LogP contribution in [0.5, 0.6) is 11.5 Å². The van der Waals surface area contributed by atoms with Crippen molar-refractivity contribution in [3.63, 3.8) is 0 Å². The molecule has 1 rings (SSSR count). The number of ether oxygens (including phenoxy) is 2. The maximum Gasteiger partial charge on any atom is 0.177 e. The Morgan fingerprint density at radius 1 is 1.24 bits per heavy atom. The smallest absolute Gasteiger partial charge is 0.177 e. The van der Waals surface area contributed by atoms with Gasteiger partial charge in [-0.3, -0.25) is 4.79 Å². The van der Waals surface area contributed by atoms with Crippen molar-refractivity contribution < 1.29 is 14.3 Å². The molecule has 0 radical (unpaired) electrons. The number of hydrogen-bond acceptors (Lipinski definition) is 4. The van der Waals surface area contributed by atoms with Gasteiger partial charge in [-0.2, -0.15) is 0 Å². The summed E-state index contributed by atoms with van der Waals surface area (Å²) in [6, 6.07) is 1.84. The minimum absolute atomic E-state index is 0.0500. The SMILES string of the molecule is CNCC(=O)c1cc(C)c(OC)c(OC)c1C. The van der Waals surface area contributed by atoms with Crippen LogP contribution in [0.4, 0.5) is 0 Å². The molecule has 1 N–H and O–H groups in total. The minimum atomic E-state index is 0.0500. The first-order valence-corrected chi connectivity index (χ1v) is 5.46. The minimum Gasteiger partial charge on any atom is -0.493 e. The molecule has 0 heterocycles. The van der Waals surface area contributed by atoms with Crippen molar-refractivity contribution in [2.24, 2.45) is 0 Å². The Bertz CT molecular complexity index is 427. The molecule has 0 fully saturated rings. The number of carbonyl (C=O) groups excluding carboxylic acids is 1. The van der Waals surface area contributed by atoms with Crippen LogP contribution in [0.2, 0.25) is 0 Å². The molecule has 0 saturated carbocycles.